The molecule has 0 fully saturated rings. The number of hydrogen-bond acceptors (Lipinski definition) is 1. The average molecular weight is 591 g/mol. The zero-order valence-corrected chi connectivity index (χ0v) is 25.1. The molecule has 0 amide bonds. The van der Waals surface area contributed by atoms with Gasteiger partial charge in [0.15, 0.2) is 0 Å². The van der Waals surface area contributed by atoms with Gasteiger partial charge in [-0.1, -0.05) is 103 Å². The number of aromatic nitrogens is 2. The number of hydrogen-bond donors (Lipinski definition) is 0. The highest BCUT2D eigenvalue weighted by atomic mass is 32.2. The molecule has 0 radical (unpaired) electrons. The molecule has 45 heavy (non-hydrogen) atoms. The number of fused-ring (bicyclic) bond motifs is 9. The number of para-hydroxylation sites is 4. The van der Waals surface area contributed by atoms with Crippen LogP contribution in [0.15, 0.2) is 168 Å². The van der Waals surface area contributed by atoms with E-state index in [0.29, 0.717) is 0 Å². The molecule has 10 aromatic rings. The van der Waals surface area contributed by atoms with Crippen molar-refractivity contribution in [1.82, 2.24) is 8.97 Å². The van der Waals surface area contributed by atoms with Crippen LogP contribution in [-0.2, 0) is 0 Å². The van der Waals surface area contributed by atoms with Gasteiger partial charge in [0, 0.05) is 47.8 Å². The van der Waals surface area contributed by atoms with Crippen LogP contribution in [0.25, 0.3) is 76.7 Å². The average Bonchev–Trinajstić information content (AvgIpc) is 3.74. The zero-order valence-electron chi connectivity index (χ0n) is 24.3. The van der Waals surface area contributed by atoms with E-state index in [-0.39, 0.29) is 0 Å². The molecule has 0 atom stereocenters. The second-order valence-electron chi connectivity index (χ2n) is 11.8. The van der Waals surface area contributed by atoms with E-state index in [1.54, 1.807) is 11.8 Å². The standard InChI is InChI=1S/C42H26N2S/c1-4-13-38-32(8-1)33-9-2-5-14-39(33)43(38)29-19-23-31(24-20-29)45-30-21-16-27(17-22-30)28-18-25-41-37(26-28)36-12-7-11-35-34-10-3-6-15-40(34)44(41)42(35)36/h1-26H. The first-order chi connectivity index (χ1) is 22.3. The fourth-order valence-corrected chi connectivity index (χ4v) is 8.14. The summed E-state index contributed by atoms with van der Waals surface area (Å²) in [5.41, 5.74) is 9.99. The molecule has 0 spiro atoms. The Bertz CT molecular complexity index is 2660. The molecule has 0 aliphatic heterocycles. The molecule has 2 nitrogen and oxygen atoms in total. The minimum atomic E-state index is 1.18. The highest BCUT2D eigenvalue weighted by molar-refractivity contribution is 7.99. The van der Waals surface area contributed by atoms with Crippen LogP contribution in [0, 0.1) is 0 Å². The largest absolute Gasteiger partial charge is 0.309 e. The van der Waals surface area contributed by atoms with Crippen LogP contribution in [0.5, 0.6) is 0 Å². The summed E-state index contributed by atoms with van der Waals surface area (Å²) in [5, 5.41) is 7.84. The van der Waals surface area contributed by atoms with Crippen LogP contribution in [0.2, 0.25) is 0 Å². The van der Waals surface area contributed by atoms with E-state index in [9.17, 15) is 0 Å². The van der Waals surface area contributed by atoms with Gasteiger partial charge in [0.05, 0.1) is 27.6 Å². The normalized spacial score (nSPS) is 12.1. The maximum atomic E-state index is 2.44. The van der Waals surface area contributed by atoms with Gasteiger partial charge in [-0.2, -0.15) is 0 Å². The van der Waals surface area contributed by atoms with Crippen molar-refractivity contribution in [2.24, 2.45) is 0 Å². The first-order valence-electron chi connectivity index (χ1n) is 15.4. The summed E-state index contributed by atoms with van der Waals surface area (Å²) >= 11 is 1.80. The third-order valence-corrected chi connectivity index (χ3v) is 10.3. The van der Waals surface area contributed by atoms with Gasteiger partial charge in [0.1, 0.15) is 0 Å². The third-order valence-electron chi connectivity index (χ3n) is 9.32. The van der Waals surface area contributed by atoms with Crippen LogP contribution in [0.4, 0.5) is 0 Å². The molecule has 0 aliphatic rings. The molecule has 10 rings (SSSR count). The lowest BCUT2D eigenvalue weighted by molar-refractivity contribution is 1.17. The maximum absolute atomic E-state index is 2.44. The maximum Gasteiger partial charge on any atom is 0.0620 e. The second-order valence-corrected chi connectivity index (χ2v) is 12.9. The first-order valence-corrected chi connectivity index (χ1v) is 16.2. The van der Waals surface area contributed by atoms with E-state index in [2.05, 4.69) is 167 Å². The quantitative estimate of drug-likeness (QED) is 0.198. The summed E-state index contributed by atoms with van der Waals surface area (Å²) in [6.07, 6.45) is 0. The lowest BCUT2D eigenvalue weighted by Gasteiger charge is -2.09. The van der Waals surface area contributed by atoms with E-state index in [0.717, 1.165) is 0 Å². The molecular formula is C42H26N2S. The second kappa shape index (κ2) is 9.49. The van der Waals surface area contributed by atoms with Crippen molar-refractivity contribution in [3.05, 3.63) is 158 Å². The molecule has 3 heteroatoms. The van der Waals surface area contributed by atoms with Gasteiger partial charge in [-0.15, -0.1) is 0 Å². The smallest absolute Gasteiger partial charge is 0.0620 e. The van der Waals surface area contributed by atoms with Gasteiger partial charge in [0.25, 0.3) is 0 Å². The summed E-state index contributed by atoms with van der Waals surface area (Å²) in [4.78, 5) is 2.46. The van der Waals surface area contributed by atoms with Gasteiger partial charge < -0.3 is 8.97 Å². The Hall–Kier alpha value is -5.51. The molecule has 7 aromatic carbocycles. The van der Waals surface area contributed by atoms with Crippen molar-refractivity contribution in [2.45, 2.75) is 9.79 Å². The SMILES string of the molecule is c1ccc2c(c1)c1ccccc1n2-c1ccc(Sc2ccc(-c3ccc4c(c3)c3cccc5c6ccccc6n4c53)cc2)cc1. The van der Waals surface area contributed by atoms with Crippen molar-refractivity contribution in [3.8, 4) is 16.8 Å². The number of rotatable bonds is 4. The Kier molecular flexibility index (Phi) is 5.25. The van der Waals surface area contributed by atoms with Gasteiger partial charge >= 0.3 is 0 Å². The summed E-state index contributed by atoms with van der Waals surface area (Å²) in [7, 11) is 0. The summed E-state index contributed by atoms with van der Waals surface area (Å²) in [5.74, 6) is 0. The molecule has 0 N–H and O–H groups in total. The van der Waals surface area contributed by atoms with Crippen LogP contribution < -0.4 is 0 Å². The highest BCUT2D eigenvalue weighted by Gasteiger charge is 2.17. The number of benzene rings is 7. The molecule has 0 bridgehead atoms. The molecule has 0 saturated carbocycles. The molecule has 0 aliphatic carbocycles. The fourth-order valence-electron chi connectivity index (χ4n) is 7.33. The van der Waals surface area contributed by atoms with Crippen molar-refractivity contribution in [1.29, 1.82) is 0 Å². The molecule has 0 saturated heterocycles. The third kappa shape index (κ3) is 3.65. The minimum Gasteiger partial charge on any atom is -0.309 e. The van der Waals surface area contributed by atoms with Crippen LogP contribution >= 0.6 is 11.8 Å². The Balaban J connectivity index is 0.965. The molecule has 3 heterocycles. The topological polar surface area (TPSA) is 9.34 Å². The van der Waals surface area contributed by atoms with E-state index >= 15 is 0 Å². The lowest BCUT2D eigenvalue weighted by Crippen LogP contribution is -1.93. The van der Waals surface area contributed by atoms with Crippen LogP contribution in [-0.4, -0.2) is 8.97 Å². The lowest BCUT2D eigenvalue weighted by atomic mass is 10.0. The van der Waals surface area contributed by atoms with Crippen molar-refractivity contribution >= 4 is 71.7 Å². The summed E-state index contributed by atoms with van der Waals surface area (Å²) < 4.78 is 4.80. The summed E-state index contributed by atoms with van der Waals surface area (Å²) in [6.45, 7) is 0. The van der Waals surface area contributed by atoms with Gasteiger partial charge in [-0.25, -0.2) is 0 Å². The van der Waals surface area contributed by atoms with Crippen molar-refractivity contribution in [3.63, 3.8) is 0 Å². The minimum absolute atomic E-state index is 1.18. The van der Waals surface area contributed by atoms with E-state index in [4.69, 9.17) is 0 Å². The van der Waals surface area contributed by atoms with E-state index < -0.39 is 0 Å². The fraction of sp³-hybridized carbons (Fsp3) is 0. The van der Waals surface area contributed by atoms with Crippen LogP contribution in [0.1, 0.15) is 0 Å². The van der Waals surface area contributed by atoms with Gasteiger partial charge in [-0.05, 0) is 77.9 Å². The summed E-state index contributed by atoms with van der Waals surface area (Å²) in [6, 6.07) is 57.6. The Morgan fingerprint density at radius 3 is 1.51 bits per heavy atom. The highest BCUT2D eigenvalue weighted by Crippen LogP contribution is 2.40. The van der Waals surface area contributed by atoms with Crippen LogP contribution in [0.3, 0.4) is 0 Å². The monoisotopic (exact) mass is 590 g/mol. The van der Waals surface area contributed by atoms with Crippen molar-refractivity contribution in [2.75, 3.05) is 0 Å². The van der Waals surface area contributed by atoms with Crippen molar-refractivity contribution < 1.29 is 0 Å². The number of nitrogens with zero attached hydrogens (tertiary/aromatic N) is 2. The van der Waals surface area contributed by atoms with Gasteiger partial charge in [-0.3, -0.25) is 0 Å². The van der Waals surface area contributed by atoms with E-state index in [1.807, 2.05) is 0 Å². The predicted molar refractivity (Wildman–Crippen MR) is 191 cm³/mol. The zero-order chi connectivity index (χ0) is 29.5. The van der Waals surface area contributed by atoms with E-state index in [1.165, 1.54) is 86.5 Å². The predicted octanol–water partition coefficient (Wildman–Crippen LogP) is 11.8. The molecule has 0 unspecified atom stereocenters. The Labute approximate surface area is 264 Å². The Morgan fingerprint density at radius 1 is 0.356 bits per heavy atom. The molecular weight excluding hydrogens is 565 g/mol. The Morgan fingerprint density at radius 2 is 0.844 bits per heavy atom. The molecule has 210 valence electrons. The van der Waals surface area contributed by atoms with Gasteiger partial charge in [0.2, 0.25) is 0 Å². The molecule has 3 aromatic heterocycles. The first kappa shape index (κ1) is 24.9.